The van der Waals surface area contributed by atoms with Crippen molar-refractivity contribution in [2.24, 2.45) is 16.3 Å². The van der Waals surface area contributed by atoms with Crippen LogP contribution in [0.4, 0.5) is 5.00 Å². The minimum absolute atomic E-state index is 0.0801. The Morgan fingerprint density at radius 2 is 2.18 bits per heavy atom. The molecule has 0 radical (unpaired) electrons. The number of rotatable bonds is 4. The number of nitriles is 1. The molecule has 4 nitrogen and oxygen atoms in total. The number of aliphatic imine (C=N–C) groups is 1. The number of benzene rings is 1. The highest BCUT2D eigenvalue weighted by Gasteiger charge is 2.32. The van der Waals surface area contributed by atoms with Crippen LogP contribution in [0.1, 0.15) is 55.7 Å². The number of hydrogen-bond acceptors (Lipinski definition) is 5. The summed E-state index contributed by atoms with van der Waals surface area (Å²) < 4.78 is 6.03. The molecule has 28 heavy (non-hydrogen) atoms. The number of ether oxygens (including phenoxy) is 1. The van der Waals surface area contributed by atoms with Crippen molar-refractivity contribution in [1.82, 2.24) is 0 Å². The van der Waals surface area contributed by atoms with Gasteiger partial charge in [0, 0.05) is 11.1 Å². The molecule has 0 aliphatic heterocycles. The maximum absolute atomic E-state index is 10.1. The summed E-state index contributed by atoms with van der Waals surface area (Å²) in [4.78, 5) is 5.93. The molecule has 1 aromatic heterocycles. The minimum atomic E-state index is 0.0801. The largest absolute Gasteiger partial charge is 0.503 e. The van der Waals surface area contributed by atoms with Gasteiger partial charge in [0.1, 0.15) is 11.1 Å². The zero-order chi connectivity index (χ0) is 20.5. The second-order valence-electron chi connectivity index (χ2n) is 8.14. The van der Waals surface area contributed by atoms with Crippen LogP contribution in [0.25, 0.3) is 0 Å². The quantitative estimate of drug-likeness (QED) is 0.537. The van der Waals surface area contributed by atoms with E-state index in [0.717, 1.165) is 29.8 Å². The fraction of sp³-hybridized carbons (Fsp3) is 0.455. The maximum Gasteiger partial charge on any atom is 0.172 e. The Morgan fingerprint density at radius 1 is 1.43 bits per heavy atom. The number of halogens is 1. The summed E-state index contributed by atoms with van der Waals surface area (Å²) in [5, 5.41) is 20.5. The van der Waals surface area contributed by atoms with Crippen molar-refractivity contribution >= 4 is 38.5 Å². The van der Waals surface area contributed by atoms with E-state index in [0.29, 0.717) is 28.3 Å². The van der Waals surface area contributed by atoms with E-state index in [-0.39, 0.29) is 11.2 Å². The number of phenols is 1. The van der Waals surface area contributed by atoms with Gasteiger partial charge in [-0.1, -0.05) is 20.8 Å². The second kappa shape index (κ2) is 8.26. The summed E-state index contributed by atoms with van der Waals surface area (Å²) in [5.41, 5.74) is 2.97. The topological polar surface area (TPSA) is 65.6 Å². The minimum Gasteiger partial charge on any atom is -0.503 e. The van der Waals surface area contributed by atoms with Gasteiger partial charge in [-0.15, -0.1) is 11.3 Å². The average Bonchev–Trinajstić information content (AvgIpc) is 3.00. The Labute approximate surface area is 179 Å². The molecule has 148 valence electrons. The monoisotopic (exact) mass is 460 g/mol. The molecule has 0 unspecified atom stereocenters. The molecule has 1 atom stereocenters. The maximum atomic E-state index is 10.1. The smallest absolute Gasteiger partial charge is 0.172 e. The van der Waals surface area contributed by atoms with Gasteiger partial charge in [-0.25, -0.2) is 4.99 Å². The van der Waals surface area contributed by atoms with Crippen molar-refractivity contribution in [3.63, 3.8) is 0 Å². The Hall–Kier alpha value is -1.84. The molecule has 3 rings (SSSR count). The lowest BCUT2D eigenvalue weighted by Gasteiger charge is -2.33. The fourth-order valence-electron chi connectivity index (χ4n) is 3.58. The first-order chi connectivity index (χ1) is 13.2. The molecule has 1 heterocycles. The highest BCUT2D eigenvalue weighted by Crippen LogP contribution is 2.45. The van der Waals surface area contributed by atoms with Gasteiger partial charge < -0.3 is 9.84 Å². The third-order valence-electron chi connectivity index (χ3n) is 5.26. The van der Waals surface area contributed by atoms with Gasteiger partial charge >= 0.3 is 0 Å². The van der Waals surface area contributed by atoms with E-state index in [1.807, 2.05) is 6.92 Å². The Morgan fingerprint density at radius 3 is 2.82 bits per heavy atom. The third kappa shape index (κ3) is 4.26. The zero-order valence-corrected chi connectivity index (χ0v) is 19.1. The van der Waals surface area contributed by atoms with Gasteiger partial charge in [-0.3, -0.25) is 0 Å². The number of thiophene rings is 1. The van der Waals surface area contributed by atoms with Crippen molar-refractivity contribution in [2.75, 3.05) is 6.61 Å². The van der Waals surface area contributed by atoms with Crippen molar-refractivity contribution in [1.29, 1.82) is 5.26 Å². The predicted molar refractivity (Wildman–Crippen MR) is 118 cm³/mol. The lowest BCUT2D eigenvalue weighted by molar-refractivity contribution is 0.218. The molecule has 1 aliphatic carbocycles. The molecule has 1 N–H and O–H groups in total. The normalized spacial score (nSPS) is 16.8. The lowest BCUT2D eigenvalue weighted by atomic mass is 9.72. The van der Waals surface area contributed by atoms with Gasteiger partial charge in [0.15, 0.2) is 11.5 Å². The summed E-state index contributed by atoms with van der Waals surface area (Å²) in [6, 6.07) is 5.91. The molecule has 2 aromatic rings. The van der Waals surface area contributed by atoms with Crippen molar-refractivity contribution in [3.8, 4) is 17.6 Å². The third-order valence-corrected chi connectivity index (χ3v) is 7.03. The molecule has 0 saturated heterocycles. The van der Waals surface area contributed by atoms with E-state index in [9.17, 15) is 10.4 Å². The number of aromatic hydroxyl groups is 1. The first-order valence-corrected chi connectivity index (χ1v) is 11.1. The van der Waals surface area contributed by atoms with E-state index >= 15 is 0 Å². The summed E-state index contributed by atoms with van der Waals surface area (Å²) in [6.07, 6.45) is 4.82. The number of fused-ring (bicyclic) bond motifs is 1. The van der Waals surface area contributed by atoms with Crippen LogP contribution in [0.15, 0.2) is 21.6 Å². The van der Waals surface area contributed by atoms with E-state index in [1.54, 1.807) is 29.7 Å². The first kappa shape index (κ1) is 20.9. The number of hydrogen-bond donors (Lipinski definition) is 1. The number of phenolic OH excluding ortho intramolecular Hbond substituents is 1. The van der Waals surface area contributed by atoms with Crippen LogP contribution in [0, 0.1) is 22.7 Å². The Kier molecular flexibility index (Phi) is 6.16. The SMILES string of the molecule is CCOc1cc(C=Nc2sc3c(c2C#N)CC[C@@H](C(C)(C)C)C3)cc(Br)c1O. The van der Waals surface area contributed by atoms with Crippen LogP contribution in [0.2, 0.25) is 0 Å². The van der Waals surface area contributed by atoms with Crippen LogP contribution >= 0.6 is 27.3 Å². The highest BCUT2D eigenvalue weighted by atomic mass is 79.9. The van der Waals surface area contributed by atoms with Crippen LogP contribution in [0.3, 0.4) is 0 Å². The predicted octanol–water partition coefficient (Wildman–Crippen LogP) is 6.39. The average molecular weight is 461 g/mol. The molecule has 0 saturated carbocycles. The summed E-state index contributed by atoms with van der Waals surface area (Å²) in [5.74, 6) is 1.12. The molecular formula is C22H25BrN2O2S. The van der Waals surface area contributed by atoms with E-state index in [2.05, 4.69) is 47.8 Å². The molecule has 1 aliphatic rings. The summed E-state index contributed by atoms with van der Waals surface area (Å²) in [7, 11) is 0. The van der Waals surface area contributed by atoms with E-state index in [4.69, 9.17) is 4.74 Å². The highest BCUT2D eigenvalue weighted by molar-refractivity contribution is 9.10. The molecular weight excluding hydrogens is 436 g/mol. The van der Waals surface area contributed by atoms with E-state index in [1.165, 1.54) is 10.4 Å². The molecule has 0 spiro atoms. The molecule has 0 fully saturated rings. The molecule has 0 amide bonds. The molecule has 6 heteroatoms. The van der Waals surface area contributed by atoms with Crippen molar-refractivity contribution < 1.29 is 9.84 Å². The van der Waals surface area contributed by atoms with Crippen molar-refractivity contribution in [3.05, 3.63) is 38.2 Å². The van der Waals surface area contributed by atoms with Crippen LogP contribution in [-0.4, -0.2) is 17.9 Å². The second-order valence-corrected chi connectivity index (χ2v) is 10.1. The first-order valence-electron chi connectivity index (χ1n) is 9.48. The van der Waals surface area contributed by atoms with Gasteiger partial charge in [0.05, 0.1) is 16.6 Å². The van der Waals surface area contributed by atoms with Gasteiger partial charge in [0.2, 0.25) is 0 Å². The van der Waals surface area contributed by atoms with E-state index < -0.39 is 0 Å². The van der Waals surface area contributed by atoms with Crippen LogP contribution in [0.5, 0.6) is 11.5 Å². The van der Waals surface area contributed by atoms with Crippen molar-refractivity contribution in [2.45, 2.75) is 47.0 Å². The summed E-state index contributed by atoms with van der Waals surface area (Å²) >= 11 is 4.99. The summed E-state index contributed by atoms with van der Waals surface area (Å²) in [6.45, 7) is 9.21. The fourth-order valence-corrected chi connectivity index (χ4v) is 5.27. The zero-order valence-electron chi connectivity index (χ0n) is 16.7. The van der Waals surface area contributed by atoms with Crippen LogP contribution < -0.4 is 4.74 Å². The van der Waals surface area contributed by atoms with Crippen LogP contribution in [-0.2, 0) is 12.8 Å². The Balaban J connectivity index is 1.92. The van der Waals surface area contributed by atoms with Gasteiger partial charge in [-0.05, 0) is 76.7 Å². The number of nitrogens with zero attached hydrogens (tertiary/aromatic N) is 2. The lowest BCUT2D eigenvalue weighted by Crippen LogP contribution is -2.26. The van der Waals surface area contributed by atoms with Gasteiger partial charge in [0.25, 0.3) is 0 Å². The standard InChI is InChI=1S/C22H25BrN2O2S/c1-5-27-18-9-13(8-17(23)20(18)26)12-25-21-16(11-24)15-7-6-14(22(2,3)4)10-19(15)28-21/h8-9,12,14,26H,5-7,10H2,1-4H3/t14-/m1/s1. The molecule has 0 bridgehead atoms. The molecule has 1 aromatic carbocycles. The van der Waals surface area contributed by atoms with Gasteiger partial charge in [-0.2, -0.15) is 5.26 Å². The Bertz CT molecular complexity index is 951.